The van der Waals surface area contributed by atoms with Crippen molar-refractivity contribution < 1.29 is 13.9 Å². The van der Waals surface area contributed by atoms with Crippen molar-refractivity contribution in [2.45, 2.75) is 47.7 Å². The van der Waals surface area contributed by atoms with Gasteiger partial charge in [-0.15, -0.1) is 0 Å². The second kappa shape index (κ2) is 9.34. The fourth-order valence-electron chi connectivity index (χ4n) is 4.11. The van der Waals surface area contributed by atoms with E-state index in [-0.39, 0.29) is 17.5 Å². The molecule has 4 rings (SSSR count). The molecule has 0 amide bonds. The number of rotatable bonds is 6. The molecule has 1 saturated heterocycles. The van der Waals surface area contributed by atoms with Gasteiger partial charge >= 0.3 is 0 Å². The van der Waals surface area contributed by atoms with Gasteiger partial charge in [-0.25, -0.2) is 4.39 Å². The summed E-state index contributed by atoms with van der Waals surface area (Å²) in [7, 11) is 1.80. The van der Waals surface area contributed by atoms with Gasteiger partial charge in [0.05, 0.1) is 18.3 Å². The van der Waals surface area contributed by atoms with Gasteiger partial charge in [0.25, 0.3) is 0 Å². The highest BCUT2D eigenvalue weighted by atomic mass is 32.2. The zero-order valence-electron chi connectivity index (χ0n) is 17.4. The van der Waals surface area contributed by atoms with Crippen LogP contribution in [-0.2, 0) is 21.5 Å². The smallest absolute Gasteiger partial charge is 0.123 e. The Balaban J connectivity index is 1.46. The van der Waals surface area contributed by atoms with E-state index >= 15 is 0 Å². The number of hydrogen-bond acceptors (Lipinski definition) is 3. The lowest BCUT2D eigenvalue weighted by Gasteiger charge is -2.39. The molecular formula is C26H27FO2S. The van der Waals surface area contributed by atoms with Gasteiger partial charge < -0.3 is 9.47 Å². The second-order valence-corrected chi connectivity index (χ2v) is 9.06. The van der Waals surface area contributed by atoms with E-state index in [0.717, 1.165) is 31.4 Å². The van der Waals surface area contributed by atoms with Crippen molar-refractivity contribution in [3.8, 4) is 0 Å². The highest BCUT2D eigenvalue weighted by Gasteiger charge is 2.37. The van der Waals surface area contributed by atoms with Gasteiger partial charge in [-0.05, 0) is 66.4 Å². The average molecular weight is 423 g/mol. The number of halogens is 1. The first-order valence-electron chi connectivity index (χ1n) is 10.3. The summed E-state index contributed by atoms with van der Waals surface area (Å²) in [5.41, 5.74) is 3.28. The minimum absolute atomic E-state index is 0.196. The molecule has 0 aliphatic carbocycles. The van der Waals surface area contributed by atoms with Crippen LogP contribution in [0.25, 0.3) is 0 Å². The lowest BCUT2D eigenvalue weighted by Crippen LogP contribution is -2.39. The lowest BCUT2D eigenvalue weighted by molar-refractivity contribution is -0.122. The fourth-order valence-corrected chi connectivity index (χ4v) is 4.98. The van der Waals surface area contributed by atoms with Crippen LogP contribution in [0.3, 0.4) is 0 Å². The molecule has 1 heterocycles. The molecule has 4 heteroatoms. The van der Waals surface area contributed by atoms with Crippen molar-refractivity contribution >= 4 is 11.8 Å². The van der Waals surface area contributed by atoms with Crippen LogP contribution in [0, 0.1) is 5.82 Å². The van der Waals surface area contributed by atoms with Crippen molar-refractivity contribution in [1.29, 1.82) is 0 Å². The Bertz CT molecular complexity index is 971. The Labute approximate surface area is 182 Å². The minimum Gasteiger partial charge on any atom is -0.378 e. The fraction of sp³-hybridized carbons (Fsp3) is 0.308. The summed E-state index contributed by atoms with van der Waals surface area (Å²) in [5, 5.41) is 0. The third-order valence-corrected chi connectivity index (χ3v) is 6.75. The Morgan fingerprint density at radius 1 is 1.00 bits per heavy atom. The van der Waals surface area contributed by atoms with Crippen LogP contribution >= 0.6 is 11.8 Å². The van der Waals surface area contributed by atoms with E-state index in [2.05, 4.69) is 55.5 Å². The third-order valence-electron chi connectivity index (χ3n) is 5.76. The van der Waals surface area contributed by atoms with Gasteiger partial charge in [0.15, 0.2) is 0 Å². The van der Waals surface area contributed by atoms with Crippen LogP contribution in [0.15, 0.2) is 82.6 Å². The van der Waals surface area contributed by atoms with E-state index in [4.69, 9.17) is 9.47 Å². The first kappa shape index (κ1) is 21.1. The molecule has 0 spiro atoms. The van der Waals surface area contributed by atoms with E-state index in [1.54, 1.807) is 18.9 Å². The molecule has 1 fully saturated rings. The molecule has 3 aromatic carbocycles. The first-order valence-corrected chi connectivity index (χ1v) is 11.2. The van der Waals surface area contributed by atoms with E-state index in [1.165, 1.54) is 33.1 Å². The molecular weight excluding hydrogens is 395 g/mol. The molecule has 0 bridgehead atoms. The summed E-state index contributed by atoms with van der Waals surface area (Å²) < 4.78 is 24.8. The summed E-state index contributed by atoms with van der Waals surface area (Å²) in [6.45, 7) is 2.83. The molecule has 0 radical (unpaired) electrons. The molecule has 3 aromatic rings. The summed E-state index contributed by atoms with van der Waals surface area (Å²) >= 11 is 1.76. The lowest BCUT2D eigenvalue weighted by atomic mass is 9.84. The molecule has 1 aliphatic rings. The normalized spacial score (nSPS) is 21.5. The Morgan fingerprint density at radius 3 is 2.37 bits per heavy atom. The predicted octanol–water partition coefficient (Wildman–Crippen LogP) is 6.61. The van der Waals surface area contributed by atoms with E-state index in [1.807, 2.05) is 12.1 Å². The number of benzene rings is 3. The van der Waals surface area contributed by atoms with Crippen LogP contribution in [0.4, 0.5) is 4.39 Å². The van der Waals surface area contributed by atoms with Crippen LogP contribution in [0.5, 0.6) is 0 Å². The molecule has 30 heavy (non-hydrogen) atoms. The second-order valence-electron chi connectivity index (χ2n) is 7.91. The number of hydrogen-bond donors (Lipinski definition) is 0. The average Bonchev–Trinajstić information content (AvgIpc) is 2.77. The van der Waals surface area contributed by atoms with Crippen LogP contribution in [0.2, 0.25) is 0 Å². The van der Waals surface area contributed by atoms with Crippen molar-refractivity contribution in [2.24, 2.45) is 0 Å². The molecule has 0 N–H and O–H groups in total. The van der Waals surface area contributed by atoms with Crippen molar-refractivity contribution in [3.63, 3.8) is 0 Å². The topological polar surface area (TPSA) is 18.5 Å². The maximum Gasteiger partial charge on any atom is 0.123 e. The SMILES string of the molecule is CO[C@]1(c2cccc(Sc3ccc(Cc4ccc(F)cc4)cc3)c2)CCO[C@@H](C)C1. The van der Waals surface area contributed by atoms with Gasteiger partial charge in [0, 0.05) is 29.7 Å². The Kier molecular flexibility index (Phi) is 6.57. The summed E-state index contributed by atoms with van der Waals surface area (Å²) in [4.78, 5) is 2.40. The summed E-state index contributed by atoms with van der Waals surface area (Å²) in [6, 6.07) is 24.0. The predicted molar refractivity (Wildman–Crippen MR) is 120 cm³/mol. The van der Waals surface area contributed by atoms with E-state index in [0.29, 0.717) is 0 Å². The number of ether oxygens (including phenoxy) is 2. The van der Waals surface area contributed by atoms with Gasteiger partial charge in [0.1, 0.15) is 5.82 Å². The van der Waals surface area contributed by atoms with Gasteiger partial charge in [-0.2, -0.15) is 0 Å². The summed E-state index contributed by atoms with van der Waals surface area (Å²) in [6.07, 6.45) is 2.75. The van der Waals surface area contributed by atoms with Crippen LogP contribution < -0.4 is 0 Å². The van der Waals surface area contributed by atoms with Crippen LogP contribution in [0.1, 0.15) is 36.5 Å². The third kappa shape index (κ3) is 4.94. The van der Waals surface area contributed by atoms with Crippen molar-refractivity contribution in [2.75, 3.05) is 13.7 Å². The summed E-state index contributed by atoms with van der Waals surface area (Å²) in [5.74, 6) is -0.196. The molecule has 0 aromatic heterocycles. The molecule has 0 unspecified atom stereocenters. The van der Waals surface area contributed by atoms with Crippen LogP contribution in [-0.4, -0.2) is 19.8 Å². The molecule has 0 saturated carbocycles. The Morgan fingerprint density at radius 2 is 1.70 bits per heavy atom. The molecule has 1 aliphatic heterocycles. The van der Waals surface area contributed by atoms with Gasteiger partial charge in [-0.3, -0.25) is 0 Å². The highest BCUT2D eigenvalue weighted by molar-refractivity contribution is 7.99. The van der Waals surface area contributed by atoms with Crippen molar-refractivity contribution in [1.82, 2.24) is 0 Å². The van der Waals surface area contributed by atoms with E-state index < -0.39 is 0 Å². The molecule has 2 atom stereocenters. The minimum atomic E-state index is -0.271. The van der Waals surface area contributed by atoms with Crippen molar-refractivity contribution in [3.05, 3.63) is 95.3 Å². The Hall–Kier alpha value is -2.14. The first-order chi connectivity index (χ1) is 14.6. The maximum atomic E-state index is 13.1. The monoisotopic (exact) mass is 422 g/mol. The molecule has 2 nitrogen and oxygen atoms in total. The molecule has 156 valence electrons. The highest BCUT2D eigenvalue weighted by Crippen LogP contribution is 2.40. The van der Waals surface area contributed by atoms with Gasteiger partial charge in [0.2, 0.25) is 0 Å². The maximum absolute atomic E-state index is 13.1. The number of methoxy groups -OCH3 is 1. The standard InChI is InChI=1S/C26H27FO2S/c1-19-18-26(28-2,14-15-29-19)22-4-3-5-25(17-22)30-24-12-8-21(9-13-24)16-20-6-10-23(27)11-7-20/h3-13,17,19H,14-16,18H2,1-2H3/t19-,26+/m0/s1. The largest absolute Gasteiger partial charge is 0.378 e. The van der Waals surface area contributed by atoms with Gasteiger partial charge in [-0.1, -0.05) is 48.2 Å². The quantitative estimate of drug-likeness (QED) is 0.445. The zero-order chi connectivity index (χ0) is 21.0. The van der Waals surface area contributed by atoms with E-state index in [9.17, 15) is 4.39 Å². The zero-order valence-corrected chi connectivity index (χ0v) is 18.3.